The monoisotopic (exact) mass is 229 g/mol. The van der Waals surface area contributed by atoms with E-state index in [0.29, 0.717) is 12.6 Å². The highest BCUT2D eigenvalue weighted by Crippen LogP contribution is 2.16. The molecule has 0 aromatic heterocycles. The minimum Gasteiger partial charge on any atom is -0.380 e. The molecule has 82 valence electrons. The van der Waals surface area contributed by atoms with E-state index in [-0.39, 0.29) is 10.8 Å². The minimum atomic E-state index is -0.371. The summed E-state index contributed by atoms with van der Waals surface area (Å²) in [6, 6.07) is 5.20. The molecule has 0 aliphatic carbocycles. The average Bonchev–Trinajstić information content (AvgIpc) is 2.73. The van der Waals surface area contributed by atoms with Crippen LogP contribution in [0.1, 0.15) is 12.0 Å². The Kier molecular flexibility index (Phi) is 3.57. The van der Waals surface area contributed by atoms with Gasteiger partial charge < -0.3 is 10.1 Å². The van der Waals surface area contributed by atoms with Crippen molar-refractivity contribution >= 4 is 11.6 Å². The van der Waals surface area contributed by atoms with E-state index in [2.05, 4.69) is 5.32 Å². The van der Waals surface area contributed by atoms with Gasteiger partial charge in [-0.2, -0.15) is 0 Å². The Morgan fingerprint density at radius 3 is 3.07 bits per heavy atom. The lowest BCUT2D eigenvalue weighted by Gasteiger charge is -2.10. The molecule has 15 heavy (non-hydrogen) atoms. The van der Waals surface area contributed by atoms with Crippen LogP contribution in [0, 0.1) is 5.82 Å². The Balaban J connectivity index is 1.90. The van der Waals surface area contributed by atoms with Crippen LogP contribution in [0.15, 0.2) is 18.2 Å². The first-order chi connectivity index (χ1) is 7.25. The predicted octanol–water partition coefficient (Wildman–Crippen LogP) is 2.36. The average molecular weight is 230 g/mol. The lowest BCUT2D eigenvalue weighted by molar-refractivity contribution is 0.190. The SMILES string of the molecule is Fc1ccc(CNC2CCOC2)cc1Cl. The maximum absolute atomic E-state index is 12.9. The molecule has 2 nitrogen and oxygen atoms in total. The molecule has 1 aliphatic heterocycles. The molecule has 1 aliphatic rings. The molecular formula is C11H13ClFNO. The van der Waals surface area contributed by atoms with Gasteiger partial charge in [0.15, 0.2) is 0 Å². The number of halogens is 2. The van der Waals surface area contributed by atoms with Gasteiger partial charge in [0.2, 0.25) is 0 Å². The Bertz CT molecular complexity index is 339. The molecule has 0 spiro atoms. The van der Waals surface area contributed by atoms with Gasteiger partial charge in [0.1, 0.15) is 5.82 Å². The van der Waals surface area contributed by atoms with Crippen LogP contribution >= 0.6 is 11.6 Å². The summed E-state index contributed by atoms with van der Waals surface area (Å²) in [7, 11) is 0. The standard InChI is InChI=1S/C11H13ClFNO/c12-10-5-8(1-2-11(10)13)6-14-9-3-4-15-7-9/h1-2,5,9,14H,3-4,6-7H2. The van der Waals surface area contributed by atoms with E-state index in [1.165, 1.54) is 6.07 Å². The largest absolute Gasteiger partial charge is 0.380 e. The number of hydrogen-bond acceptors (Lipinski definition) is 2. The summed E-state index contributed by atoms with van der Waals surface area (Å²) in [5.74, 6) is -0.371. The van der Waals surface area contributed by atoms with Gasteiger partial charge in [0.05, 0.1) is 11.6 Å². The van der Waals surface area contributed by atoms with E-state index in [9.17, 15) is 4.39 Å². The molecule has 0 bridgehead atoms. The predicted molar refractivity (Wildman–Crippen MR) is 57.5 cm³/mol. The molecule has 2 rings (SSSR count). The number of rotatable bonds is 3. The van der Waals surface area contributed by atoms with E-state index in [1.807, 2.05) is 0 Å². The van der Waals surface area contributed by atoms with Gasteiger partial charge in [-0.15, -0.1) is 0 Å². The zero-order chi connectivity index (χ0) is 10.7. The van der Waals surface area contributed by atoms with Crippen LogP contribution < -0.4 is 5.32 Å². The van der Waals surface area contributed by atoms with E-state index >= 15 is 0 Å². The maximum Gasteiger partial charge on any atom is 0.141 e. The van der Waals surface area contributed by atoms with Crippen LogP contribution in [-0.4, -0.2) is 19.3 Å². The molecule has 1 unspecified atom stereocenters. The molecule has 1 aromatic rings. The number of hydrogen-bond donors (Lipinski definition) is 1. The summed E-state index contributed by atoms with van der Waals surface area (Å²) in [6.07, 6.45) is 1.04. The van der Waals surface area contributed by atoms with Gasteiger partial charge in [0.25, 0.3) is 0 Å². The second-order valence-electron chi connectivity index (χ2n) is 3.69. The fourth-order valence-corrected chi connectivity index (χ4v) is 1.81. The van der Waals surface area contributed by atoms with Crippen LogP contribution in [0.2, 0.25) is 5.02 Å². The molecule has 1 aromatic carbocycles. The highest BCUT2D eigenvalue weighted by atomic mass is 35.5. The summed E-state index contributed by atoms with van der Waals surface area (Å²) in [5.41, 5.74) is 0.994. The molecule has 1 atom stereocenters. The summed E-state index contributed by atoms with van der Waals surface area (Å²) in [5, 5.41) is 3.52. The highest BCUT2D eigenvalue weighted by molar-refractivity contribution is 6.30. The van der Waals surface area contributed by atoms with Crippen LogP contribution in [0.4, 0.5) is 4.39 Å². The Morgan fingerprint density at radius 2 is 2.40 bits per heavy atom. The highest BCUT2D eigenvalue weighted by Gasteiger charge is 2.14. The van der Waals surface area contributed by atoms with Gasteiger partial charge in [-0.25, -0.2) is 4.39 Å². The minimum absolute atomic E-state index is 0.178. The first kappa shape index (κ1) is 10.9. The number of nitrogens with one attached hydrogen (secondary N) is 1. The topological polar surface area (TPSA) is 21.3 Å². The smallest absolute Gasteiger partial charge is 0.141 e. The molecule has 1 fully saturated rings. The third kappa shape index (κ3) is 2.91. The quantitative estimate of drug-likeness (QED) is 0.859. The van der Waals surface area contributed by atoms with Crippen LogP contribution in [-0.2, 0) is 11.3 Å². The summed E-state index contributed by atoms with van der Waals surface area (Å²) >= 11 is 5.68. The first-order valence-corrected chi connectivity index (χ1v) is 5.38. The third-order valence-electron chi connectivity index (χ3n) is 2.51. The Hall–Kier alpha value is -0.640. The van der Waals surface area contributed by atoms with Crippen molar-refractivity contribution < 1.29 is 9.13 Å². The van der Waals surface area contributed by atoms with Gasteiger partial charge in [0, 0.05) is 19.2 Å². The first-order valence-electron chi connectivity index (χ1n) is 5.01. The van der Waals surface area contributed by atoms with Crippen molar-refractivity contribution in [1.29, 1.82) is 0 Å². The van der Waals surface area contributed by atoms with Crippen molar-refractivity contribution in [1.82, 2.24) is 5.32 Å². The van der Waals surface area contributed by atoms with Crippen molar-refractivity contribution in [3.05, 3.63) is 34.6 Å². The molecule has 1 N–H and O–H groups in total. The second-order valence-corrected chi connectivity index (χ2v) is 4.10. The molecule has 1 heterocycles. The molecule has 4 heteroatoms. The fraction of sp³-hybridized carbons (Fsp3) is 0.455. The van der Waals surface area contributed by atoms with Gasteiger partial charge in [-0.05, 0) is 24.1 Å². The van der Waals surface area contributed by atoms with Crippen molar-refractivity contribution in [2.75, 3.05) is 13.2 Å². The van der Waals surface area contributed by atoms with Crippen LogP contribution in [0.3, 0.4) is 0 Å². The second kappa shape index (κ2) is 4.92. The summed E-state index contributed by atoms with van der Waals surface area (Å²) in [4.78, 5) is 0. The van der Waals surface area contributed by atoms with Gasteiger partial charge >= 0.3 is 0 Å². The van der Waals surface area contributed by atoms with Crippen molar-refractivity contribution in [3.8, 4) is 0 Å². The van der Waals surface area contributed by atoms with Crippen molar-refractivity contribution in [2.24, 2.45) is 0 Å². The molecule has 1 saturated heterocycles. The van der Waals surface area contributed by atoms with E-state index in [1.54, 1.807) is 12.1 Å². The number of benzene rings is 1. The molecular weight excluding hydrogens is 217 g/mol. The Labute approximate surface area is 93.4 Å². The fourth-order valence-electron chi connectivity index (χ4n) is 1.61. The maximum atomic E-state index is 12.9. The Morgan fingerprint density at radius 1 is 1.53 bits per heavy atom. The van der Waals surface area contributed by atoms with E-state index < -0.39 is 0 Å². The molecule has 0 saturated carbocycles. The van der Waals surface area contributed by atoms with Crippen LogP contribution in [0.5, 0.6) is 0 Å². The summed E-state index contributed by atoms with van der Waals surface area (Å²) in [6.45, 7) is 2.28. The van der Waals surface area contributed by atoms with Crippen LogP contribution in [0.25, 0.3) is 0 Å². The third-order valence-corrected chi connectivity index (χ3v) is 2.80. The van der Waals surface area contributed by atoms with E-state index in [0.717, 1.165) is 25.2 Å². The lowest BCUT2D eigenvalue weighted by Crippen LogP contribution is -2.28. The summed E-state index contributed by atoms with van der Waals surface area (Å²) < 4.78 is 18.1. The van der Waals surface area contributed by atoms with Crippen molar-refractivity contribution in [3.63, 3.8) is 0 Å². The normalized spacial score (nSPS) is 20.8. The van der Waals surface area contributed by atoms with Gasteiger partial charge in [-0.1, -0.05) is 17.7 Å². The lowest BCUT2D eigenvalue weighted by atomic mass is 10.2. The van der Waals surface area contributed by atoms with Gasteiger partial charge in [-0.3, -0.25) is 0 Å². The zero-order valence-electron chi connectivity index (χ0n) is 8.30. The number of ether oxygens (including phenoxy) is 1. The van der Waals surface area contributed by atoms with E-state index in [4.69, 9.17) is 16.3 Å². The van der Waals surface area contributed by atoms with Crippen molar-refractivity contribution in [2.45, 2.75) is 19.0 Å². The zero-order valence-corrected chi connectivity index (χ0v) is 9.06. The molecule has 0 amide bonds. The molecule has 0 radical (unpaired) electrons.